The standard InChI is InChI=1S/C18H17F4N3O2/c1-18(2,3)17(26)25-6-7-27-11-5-4-9(8-10(11)25)23-14-12(19)15(21)24-16(22)13(14)20/h4-5,8H,6-7H2,1-3H3,(H,23,24). The van der Waals surface area contributed by atoms with E-state index in [0.29, 0.717) is 24.6 Å². The Morgan fingerprint density at radius 3 is 2.37 bits per heavy atom. The van der Waals surface area contributed by atoms with Gasteiger partial charge in [0.15, 0.2) is 0 Å². The molecule has 0 radical (unpaired) electrons. The number of fused-ring (bicyclic) bond motifs is 1. The van der Waals surface area contributed by atoms with Gasteiger partial charge in [0, 0.05) is 11.1 Å². The molecule has 0 aliphatic carbocycles. The summed E-state index contributed by atoms with van der Waals surface area (Å²) >= 11 is 0. The van der Waals surface area contributed by atoms with Gasteiger partial charge in [0.25, 0.3) is 11.9 Å². The molecule has 9 heteroatoms. The first-order valence-corrected chi connectivity index (χ1v) is 8.15. The molecule has 27 heavy (non-hydrogen) atoms. The van der Waals surface area contributed by atoms with Crippen molar-refractivity contribution in [1.82, 2.24) is 4.98 Å². The van der Waals surface area contributed by atoms with E-state index in [4.69, 9.17) is 4.74 Å². The molecule has 1 aliphatic heterocycles. The first-order chi connectivity index (χ1) is 12.6. The number of aromatic nitrogens is 1. The van der Waals surface area contributed by atoms with E-state index in [1.807, 2.05) is 0 Å². The highest BCUT2D eigenvalue weighted by atomic mass is 19.2. The maximum absolute atomic E-state index is 13.8. The van der Waals surface area contributed by atoms with Gasteiger partial charge in [-0.2, -0.15) is 22.5 Å². The molecule has 0 atom stereocenters. The first kappa shape index (κ1) is 18.9. The van der Waals surface area contributed by atoms with Crippen LogP contribution in [0.4, 0.5) is 34.6 Å². The molecule has 2 heterocycles. The van der Waals surface area contributed by atoms with Crippen LogP contribution >= 0.6 is 0 Å². The quantitative estimate of drug-likeness (QED) is 0.625. The van der Waals surface area contributed by atoms with Crippen molar-refractivity contribution in [3.05, 3.63) is 41.7 Å². The average Bonchev–Trinajstić information content (AvgIpc) is 2.61. The third-order valence-electron chi connectivity index (χ3n) is 3.98. The molecule has 3 rings (SSSR count). The minimum absolute atomic E-state index is 0.119. The van der Waals surface area contributed by atoms with Crippen LogP contribution in [-0.4, -0.2) is 24.0 Å². The third-order valence-corrected chi connectivity index (χ3v) is 3.98. The van der Waals surface area contributed by atoms with Crippen molar-refractivity contribution in [2.24, 2.45) is 5.41 Å². The summed E-state index contributed by atoms with van der Waals surface area (Å²) in [7, 11) is 0. The minimum Gasteiger partial charge on any atom is -0.490 e. The number of nitrogens with zero attached hydrogens (tertiary/aromatic N) is 2. The summed E-state index contributed by atoms with van der Waals surface area (Å²) in [5.74, 6) is -6.57. The van der Waals surface area contributed by atoms with Crippen molar-refractivity contribution >= 4 is 23.0 Å². The zero-order valence-corrected chi connectivity index (χ0v) is 14.9. The molecule has 0 bridgehead atoms. The topological polar surface area (TPSA) is 54.5 Å². The van der Waals surface area contributed by atoms with Gasteiger partial charge in [0.2, 0.25) is 17.5 Å². The lowest BCUT2D eigenvalue weighted by Crippen LogP contribution is -2.44. The Kier molecular flexibility index (Phi) is 4.71. The number of carbonyl (C=O) groups is 1. The Morgan fingerprint density at radius 2 is 1.78 bits per heavy atom. The fourth-order valence-electron chi connectivity index (χ4n) is 2.65. The van der Waals surface area contributed by atoms with Gasteiger partial charge in [-0.3, -0.25) is 4.79 Å². The third kappa shape index (κ3) is 3.54. The average molecular weight is 383 g/mol. The predicted octanol–water partition coefficient (Wildman–Crippen LogP) is 4.15. The van der Waals surface area contributed by atoms with Crippen LogP contribution in [-0.2, 0) is 4.79 Å². The summed E-state index contributed by atoms with van der Waals surface area (Å²) in [6.45, 7) is 5.89. The highest BCUT2D eigenvalue weighted by Gasteiger charge is 2.32. The second-order valence-electron chi connectivity index (χ2n) is 7.06. The van der Waals surface area contributed by atoms with Crippen LogP contribution in [0, 0.1) is 28.9 Å². The Morgan fingerprint density at radius 1 is 1.15 bits per heavy atom. The lowest BCUT2D eigenvalue weighted by molar-refractivity contribution is -0.126. The van der Waals surface area contributed by atoms with Gasteiger partial charge in [0.1, 0.15) is 18.0 Å². The molecule has 1 aromatic heterocycles. The molecule has 1 amide bonds. The monoisotopic (exact) mass is 383 g/mol. The zero-order valence-electron chi connectivity index (χ0n) is 14.9. The maximum Gasteiger partial charge on any atom is 0.253 e. The van der Waals surface area contributed by atoms with E-state index in [1.54, 1.807) is 20.8 Å². The molecular weight excluding hydrogens is 366 g/mol. The van der Waals surface area contributed by atoms with E-state index in [-0.39, 0.29) is 11.6 Å². The molecule has 1 N–H and O–H groups in total. The van der Waals surface area contributed by atoms with Gasteiger partial charge < -0.3 is 15.0 Å². The van der Waals surface area contributed by atoms with Crippen LogP contribution in [0.2, 0.25) is 0 Å². The lowest BCUT2D eigenvalue weighted by atomic mass is 9.94. The second kappa shape index (κ2) is 6.71. The number of amides is 1. The fourth-order valence-corrected chi connectivity index (χ4v) is 2.65. The molecule has 5 nitrogen and oxygen atoms in total. The molecule has 1 aromatic carbocycles. The van der Waals surface area contributed by atoms with Crippen molar-refractivity contribution in [2.75, 3.05) is 23.4 Å². The van der Waals surface area contributed by atoms with E-state index >= 15 is 0 Å². The number of halogens is 4. The number of nitrogens with one attached hydrogen (secondary N) is 1. The molecule has 0 unspecified atom stereocenters. The Balaban J connectivity index is 2.01. The van der Waals surface area contributed by atoms with E-state index in [2.05, 4.69) is 10.3 Å². The molecule has 0 saturated carbocycles. The normalized spacial score (nSPS) is 13.8. The number of pyridine rings is 1. The number of rotatable bonds is 2. The van der Waals surface area contributed by atoms with E-state index in [0.717, 1.165) is 0 Å². The molecule has 1 aliphatic rings. The fraction of sp³-hybridized carbons (Fsp3) is 0.333. The first-order valence-electron chi connectivity index (χ1n) is 8.15. The second-order valence-corrected chi connectivity index (χ2v) is 7.06. The van der Waals surface area contributed by atoms with E-state index < -0.39 is 34.6 Å². The summed E-state index contributed by atoms with van der Waals surface area (Å²) in [6.07, 6.45) is 0. The molecule has 0 fully saturated rings. The molecule has 144 valence electrons. The number of hydrogen-bond donors (Lipinski definition) is 1. The largest absolute Gasteiger partial charge is 0.490 e. The Hall–Kier alpha value is -2.84. The van der Waals surface area contributed by atoms with E-state index in [9.17, 15) is 22.4 Å². The minimum atomic E-state index is -1.76. The van der Waals surface area contributed by atoms with Gasteiger partial charge in [-0.25, -0.2) is 0 Å². The smallest absolute Gasteiger partial charge is 0.253 e. The van der Waals surface area contributed by atoms with Crippen molar-refractivity contribution in [3.8, 4) is 5.75 Å². The molecular formula is C18H17F4N3O2. The van der Waals surface area contributed by atoms with Crippen LogP contribution in [0.15, 0.2) is 18.2 Å². The van der Waals surface area contributed by atoms with Crippen LogP contribution in [0.3, 0.4) is 0 Å². The van der Waals surface area contributed by atoms with Crippen molar-refractivity contribution in [3.63, 3.8) is 0 Å². The zero-order chi connectivity index (χ0) is 19.9. The van der Waals surface area contributed by atoms with Crippen LogP contribution in [0.5, 0.6) is 5.75 Å². The summed E-state index contributed by atoms with van der Waals surface area (Å²) in [5, 5.41) is 2.31. The van der Waals surface area contributed by atoms with Gasteiger partial charge in [-0.15, -0.1) is 0 Å². The van der Waals surface area contributed by atoms with Crippen LogP contribution in [0.25, 0.3) is 0 Å². The highest BCUT2D eigenvalue weighted by Crippen LogP contribution is 2.37. The molecule has 0 spiro atoms. The predicted molar refractivity (Wildman–Crippen MR) is 91.1 cm³/mol. The van der Waals surface area contributed by atoms with Gasteiger partial charge >= 0.3 is 0 Å². The molecule has 0 saturated heterocycles. The van der Waals surface area contributed by atoms with Crippen molar-refractivity contribution in [2.45, 2.75) is 20.8 Å². The summed E-state index contributed by atoms with van der Waals surface area (Å²) in [5.41, 5.74) is -1.16. The number of anilines is 3. The van der Waals surface area contributed by atoms with Gasteiger partial charge in [-0.1, -0.05) is 20.8 Å². The summed E-state index contributed by atoms with van der Waals surface area (Å²) in [6, 6.07) is 4.34. The Labute approximate surface area is 153 Å². The number of benzene rings is 1. The van der Waals surface area contributed by atoms with Crippen LogP contribution < -0.4 is 15.0 Å². The molecule has 2 aromatic rings. The Bertz CT molecular complexity index is 886. The number of ether oxygens (including phenoxy) is 1. The number of carbonyl (C=O) groups excluding carboxylic acids is 1. The maximum atomic E-state index is 13.8. The SMILES string of the molecule is CC(C)(C)C(=O)N1CCOc2ccc(Nc3c(F)c(F)nc(F)c3F)cc21. The van der Waals surface area contributed by atoms with Crippen LogP contribution in [0.1, 0.15) is 20.8 Å². The number of hydrogen-bond acceptors (Lipinski definition) is 4. The van der Waals surface area contributed by atoms with Crippen molar-refractivity contribution < 1.29 is 27.1 Å². The highest BCUT2D eigenvalue weighted by molar-refractivity contribution is 5.99. The van der Waals surface area contributed by atoms with Gasteiger partial charge in [0.05, 0.1) is 12.2 Å². The van der Waals surface area contributed by atoms with Gasteiger partial charge in [-0.05, 0) is 18.2 Å². The van der Waals surface area contributed by atoms with E-state index in [1.165, 1.54) is 23.1 Å². The summed E-state index contributed by atoms with van der Waals surface area (Å²) < 4.78 is 59.8. The van der Waals surface area contributed by atoms with Crippen molar-refractivity contribution in [1.29, 1.82) is 0 Å². The lowest BCUT2D eigenvalue weighted by Gasteiger charge is -2.34. The summed E-state index contributed by atoms with van der Waals surface area (Å²) in [4.78, 5) is 16.7.